The summed E-state index contributed by atoms with van der Waals surface area (Å²) in [6.07, 6.45) is 8.91. The van der Waals surface area contributed by atoms with Gasteiger partial charge in [-0.3, -0.25) is 19.1 Å². The van der Waals surface area contributed by atoms with Gasteiger partial charge >= 0.3 is 0 Å². The number of aromatic nitrogens is 3. The lowest BCUT2D eigenvalue weighted by Gasteiger charge is -2.34. The Morgan fingerprint density at radius 3 is 2.92 bits per heavy atom. The molecule has 0 spiro atoms. The minimum Gasteiger partial charge on any atom is -0.337 e. The highest BCUT2D eigenvalue weighted by Crippen LogP contribution is 2.22. The maximum atomic E-state index is 12.5. The average molecular weight is 388 g/mol. The van der Waals surface area contributed by atoms with Crippen LogP contribution in [0.3, 0.4) is 0 Å². The van der Waals surface area contributed by atoms with E-state index in [4.69, 9.17) is 11.6 Å². The highest BCUT2D eigenvalue weighted by molar-refractivity contribution is 7.15. The second-order valence-corrected chi connectivity index (χ2v) is 7.37. The predicted octanol–water partition coefficient (Wildman–Crippen LogP) is 2.80. The normalized spacial score (nSPS) is 16.0. The van der Waals surface area contributed by atoms with Crippen molar-refractivity contribution in [2.45, 2.75) is 6.54 Å². The van der Waals surface area contributed by atoms with Crippen LogP contribution in [-0.4, -0.2) is 56.3 Å². The molecule has 8 heteroatoms. The van der Waals surface area contributed by atoms with Gasteiger partial charge in [0.05, 0.1) is 5.69 Å². The van der Waals surface area contributed by atoms with E-state index in [9.17, 15) is 4.79 Å². The fourth-order valence-corrected chi connectivity index (χ4v) is 4.06. The molecule has 1 amide bonds. The SMILES string of the molecule is O=C(/C=C/c1c(Cl)nc2sccn12)N1CCN(Cc2cccnc2)CC1. The molecule has 0 aromatic carbocycles. The monoisotopic (exact) mass is 387 g/mol. The highest BCUT2D eigenvalue weighted by Gasteiger charge is 2.20. The van der Waals surface area contributed by atoms with Crippen molar-refractivity contribution in [1.82, 2.24) is 24.2 Å². The number of carbonyl (C=O) groups excluding carboxylic acids is 1. The second kappa shape index (κ2) is 7.57. The zero-order valence-corrected chi connectivity index (χ0v) is 15.7. The summed E-state index contributed by atoms with van der Waals surface area (Å²) < 4.78 is 1.89. The van der Waals surface area contributed by atoms with E-state index in [-0.39, 0.29) is 5.91 Å². The molecule has 134 valence electrons. The number of hydrogen-bond donors (Lipinski definition) is 0. The first kappa shape index (κ1) is 17.2. The Bertz CT molecular complexity index is 928. The molecule has 0 unspecified atom stereocenters. The summed E-state index contributed by atoms with van der Waals surface area (Å²) in [7, 11) is 0. The number of piperazine rings is 1. The average Bonchev–Trinajstić information content (AvgIpc) is 3.22. The van der Waals surface area contributed by atoms with Crippen LogP contribution in [0.4, 0.5) is 0 Å². The van der Waals surface area contributed by atoms with E-state index in [2.05, 4.69) is 20.9 Å². The maximum absolute atomic E-state index is 12.5. The van der Waals surface area contributed by atoms with E-state index in [0.717, 1.165) is 43.4 Å². The van der Waals surface area contributed by atoms with Crippen molar-refractivity contribution in [3.63, 3.8) is 0 Å². The largest absolute Gasteiger partial charge is 0.337 e. The summed E-state index contributed by atoms with van der Waals surface area (Å²) in [4.78, 5) is 25.9. The van der Waals surface area contributed by atoms with Crippen molar-refractivity contribution in [3.8, 4) is 0 Å². The van der Waals surface area contributed by atoms with Gasteiger partial charge in [0.15, 0.2) is 10.1 Å². The molecule has 3 aromatic heterocycles. The van der Waals surface area contributed by atoms with E-state index >= 15 is 0 Å². The molecule has 0 atom stereocenters. The molecule has 4 rings (SSSR count). The van der Waals surface area contributed by atoms with Crippen LogP contribution in [-0.2, 0) is 11.3 Å². The van der Waals surface area contributed by atoms with Crippen molar-refractivity contribution in [2.75, 3.05) is 26.2 Å². The summed E-state index contributed by atoms with van der Waals surface area (Å²) in [5.74, 6) is 0.00674. The van der Waals surface area contributed by atoms with Gasteiger partial charge in [-0.2, -0.15) is 0 Å². The number of amides is 1. The molecule has 1 aliphatic rings. The molecule has 3 aromatic rings. The lowest BCUT2D eigenvalue weighted by molar-refractivity contribution is -0.127. The molecular formula is C18H18ClN5OS. The van der Waals surface area contributed by atoms with Gasteiger partial charge in [0, 0.05) is 62.8 Å². The maximum Gasteiger partial charge on any atom is 0.246 e. The molecule has 1 saturated heterocycles. The summed E-state index contributed by atoms with van der Waals surface area (Å²) in [6, 6.07) is 4.03. The van der Waals surface area contributed by atoms with Crippen LogP contribution in [0.25, 0.3) is 11.0 Å². The van der Waals surface area contributed by atoms with Gasteiger partial charge in [0.2, 0.25) is 5.91 Å². The van der Waals surface area contributed by atoms with Gasteiger partial charge in [-0.05, 0) is 17.7 Å². The van der Waals surface area contributed by atoms with Crippen molar-refractivity contribution in [1.29, 1.82) is 0 Å². The van der Waals surface area contributed by atoms with E-state index in [0.29, 0.717) is 5.15 Å². The molecule has 0 bridgehead atoms. The van der Waals surface area contributed by atoms with Crippen LogP contribution in [0, 0.1) is 0 Å². The lowest BCUT2D eigenvalue weighted by atomic mass is 10.2. The lowest BCUT2D eigenvalue weighted by Crippen LogP contribution is -2.47. The van der Waals surface area contributed by atoms with Gasteiger partial charge in [-0.25, -0.2) is 4.98 Å². The van der Waals surface area contributed by atoms with Gasteiger partial charge in [-0.15, -0.1) is 11.3 Å². The number of fused-ring (bicyclic) bond motifs is 1. The molecule has 0 N–H and O–H groups in total. The van der Waals surface area contributed by atoms with Crippen LogP contribution in [0.1, 0.15) is 11.3 Å². The number of halogens is 1. The van der Waals surface area contributed by atoms with Gasteiger partial charge in [0.25, 0.3) is 0 Å². The number of thiazole rings is 1. The summed E-state index contributed by atoms with van der Waals surface area (Å²) in [5, 5.41) is 2.36. The number of hydrogen-bond acceptors (Lipinski definition) is 5. The van der Waals surface area contributed by atoms with Crippen molar-refractivity contribution >= 4 is 39.9 Å². The number of nitrogens with zero attached hydrogens (tertiary/aromatic N) is 5. The predicted molar refractivity (Wildman–Crippen MR) is 103 cm³/mol. The number of pyridine rings is 1. The van der Waals surface area contributed by atoms with E-state index < -0.39 is 0 Å². The van der Waals surface area contributed by atoms with Crippen LogP contribution < -0.4 is 0 Å². The number of rotatable bonds is 4. The fraction of sp³-hybridized carbons (Fsp3) is 0.278. The Morgan fingerprint density at radius 1 is 1.31 bits per heavy atom. The van der Waals surface area contributed by atoms with Gasteiger partial charge < -0.3 is 4.90 Å². The summed E-state index contributed by atoms with van der Waals surface area (Å²) in [5.41, 5.74) is 1.94. The standard InChI is InChI=1S/C18H18ClN5OS/c19-17-15(24-10-11-26-18(24)21-17)3-4-16(25)23-8-6-22(7-9-23)13-14-2-1-5-20-12-14/h1-5,10-12H,6-9,13H2/b4-3+. The Hall–Kier alpha value is -2.22. The number of carbonyl (C=O) groups is 1. The molecule has 6 nitrogen and oxygen atoms in total. The molecule has 0 radical (unpaired) electrons. The molecule has 1 aliphatic heterocycles. The Kier molecular flexibility index (Phi) is 5.01. The first-order valence-corrected chi connectivity index (χ1v) is 9.66. The van der Waals surface area contributed by atoms with Crippen LogP contribution >= 0.6 is 22.9 Å². The quantitative estimate of drug-likeness (QED) is 0.646. The first-order valence-electron chi connectivity index (χ1n) is 8.40. The van der Waals surface area contributed by atoms with Crippen LogP contribution in [0.15, 0.2) is 42.2 Å². The Balaban J connectivity index is 1.35. The summed E-state index contributed by atoms with van der Waals surface area (Å²) in [6.45, 7) is 4.02. The summed E-state index contributed by atoms with van der Waals surface area (Å²) >= 11 is 7.67. The minimum atomic E-state index is 0.00674. The molecule has 26 heavy (non-hydrogen) atoms. The van der Waals surface area contributed by atoms with E-state index in [1.54, 1.807) is 18.3 Å². The zero-order chi connectivity index (χ0) is 17.9. The molecule has 0 aliphatic carbocycles. The fourth-order valence-electron chi connectivity index (χ4n) is 3.06. The Labute approximate surface area is 160 Å². The third-order valence-electron chi connectivity index (χ3n) is 4.45. The zero-order valence-electron chi connectivity index (χ0n) is 14.1. The number of imidazole rings is 1. The topological polar surface area (TPSA) is 53.7 Å². The van der Waals surface area contributed by atoms with E-state index in [1.165, 1.54) is 16.9 Å². The third kappa shape index (κ3) is 3.65. The highest BCUT2D eigenvalue weighted by atomic mass is 35.5. The minimum absolute atomic E-state index is 0.00674. The van der Waals surface area contributed by atoms with Crippen LogP contribution in [0.5, 0.6) is 0 Å². The van der Waals surface area contributed by atoms with Crippen molar-refractivity contribution in [2.24, 2.45) is 0 Å². The smallest absolute Gasteiger partial charge is 0.246 e. The van der Waals surface area contributed by atoms with E-state index in [1.807, 2.05) is 33.1 Å². The van der Waals surface area contributed by atoms with Crippen LogP contribution in [0.2, 0.25) is 5.15 Å². The molecule has 1 fully saturated rings. The molecule has 4 heterocycles. The molecule has 0 saturated carbocycles. The third-order valence-corrected chi connectivity index (χ3v) is 5.49. The second-order valence-electron chi connectivity index (χ2n) is 6.14. The van der Waals surface area contributed by atoms with Gasteiger partial charge in [0.1, 0.15) is 0 Å². The molecular weight excluding hydrogens is 370 g/mol. The van der Waals surface area contributed by atoms with Crippen molar-refractivity contribution in [3.05, 3.63) is 58.6 Å². The Morgan fingerprint density at radius 2 is 2.15 bits per heavy atom. The first-order chi connectivity index (χ1) is 12.7. The van der Waals surface area contributed by atoms with Gasteiger partial charge in [-0.1, -0.05) is 17.7 Å². The van der Waals surface area contributed by atoms with Crippen molar-refractivity contribution < 1.29 is 4.79 Å².